The van der Waals surface area contributed by atoms with Gasteiger partial charge >= 0.3 is 0 Å². The molecule has 0 heterocycles. The highest BCUT2D eigenvalue weighted by atomic mass is 14.4. The van der Waals surface area contributed by atoms with E-state index in [0.717, 1.165) is 5.92 Å². The van der Waals surface area contributed by atoms with Gasteiger partial charge in [0, 0.05) is 0 Å². The first-order valence-corrected chi connectivity index (χ1v) is 8.89. The molecule has 2 fully saturated rings. The lowest BCUT2D eigenvalue weighted by Crippen LogP contribution is -2.34. The summed E-state index contributed by atoms with van der Waals surface area (Å²) in [4.78, 5) is 0. The molecule has 0 N–H and O–H groups in total. The topological polar surface area (TPSA) is 0 Å². The second-order valence-electron chi connectivity index (χ2n) is 7.58. The Labute approximate surface area is 123 Å². The van der Waals surface area contributed by atoms with E-state index in [-0.39, 0.29) is 0 Å². The summed E-state index contributed by atoms with van der Waals surface area (Å²) in [5, 5.41) is 0. The smallest absolute Gasteiger partial charge is 0.0277 e. The normalized spacial score (nSPS) is 22.3. The summed E-state index contributed by atoms with van der Waals surface area (Å²) in [7, 11) is 0. The summed E-state index contributed by atoms with van der Waals surface area (Å²) in [6, 6.07) is 0. The maximum Gasteiger partial charge on any atom is -0.0277 e. The van der Waals surface area contributed by atoms with Gasteiger partial charge in [-0.05, 0) is 29.6 Å². The largest absolute Gasteiger partial charge is 0.0683 e. The van der Waals surface area contributed by atoms with Crippen LogP contribution in [0.25, 0.3) is 0 Å². The van der Waals surface area contributed by atoms with Crippen molar-refractivity contribution in [1.82, 2.24) is 0 Å². The van der Waals surface area contributed by atoms with Gasteiger partial charge in [-0.15, -0.1) is 0 Å². The maximum atomic E-state index is 2.46. The van der Waals surface area contributed by atoms with Gasteiger partial charge in [-0.2, -0.15) is 0 Å². The molecule has 0 heteroatoms. The minimum absolute atomic E-state index is 0.507. The van der Waals surface area contributed by atoms with Crippen molar-refractivity contribution in [3.8, 4) is 0 Å². The highest BCUT2D eigenvalue weighted by Gasteiger charge is 2.37. The Morgan fingerprint density at radius 2 is 1.37 bits per heavy atom. The lowest BCUT2D eigenvalue weighted by Gasteiger charge is -2.45. The van der Waals surface area contributed by atoms with Gasteiger partial charge in [0.15, 0.2) is 0 Å². The van der Waals surface area contributed by atoms with Crippen LogP contribution in [-0.2, 0) is 0 Å². The molecule has 2 aliphatic carbocycles. The van der Waals surface area contributed by atoms with Crippen LogP contribution in [-0.4, -0.2) is 0 Å². The average molecular weight is 269 g/mol. The fraction of sp³-hybridized carbons (Fsp3) is 1.00. The third-order valence-corrected chi connectivity index (χ3v) is 5.57. The Morgan fingerprint density at radius 3 is 1.53 bits per heavy atom. The zero-order chi connectivity index (χ0) is 14.9. The average Bonchev–Trinajstić information content (AvgIpc) is 2.31. The molecule has 0 aliphatic heterocycles. The van der Waals surface area contributed by atoms with Gasteiger partial charge < -0.3 is 0 Å². The first-order valence-electron chi connectivity index (χ1n) is 8.89. The second kappa shape index (κ2) is 9.03. The van der Waals surface area contributed by atoms with Crippen molar-refractivity contribution in [1.29, 1.82) is 0 Å². The van der Waals surface area contributed by atoms with Gasteiger partial charge in [-0.1, -0.05) is 93.4 Å². The van der Waals surface area contributed by atoms with Crippen molar-refractivity contribution in [2.45, 2.75) is 106 Å². The summed E-state index contributed by atoms with van der Waals surface area (Å²) in [6.07, 6.45) is 13.2. The third kappa shape index (κ3) is 6.32. The molecule has 19 heavy (non-hydrogen) atoms. The minimum Gasteiger partial charge on any atom is -0.0683 e. The van der Waals surface area contributed by atoms with Crippen LogP contribution in [0, 0.1) is 16.7 Å². The van der Waals surface area contributed by atoms with Gasteiger partial charge in [-0.3, -0.25) is 0 Å². The monoisotopic (exact) mass is 268 g/mol. The van der Waals surface area contributed by atoms with Crippen molar-refractivity contribution in [2.24, 2.45) is 16.7 Å². The Balaban J connectivity index is 0.000000341. The van der Waals surface area contributed by atoms with Crippen LogP contribution in [0.4, 0.5) is 0 Å². The van der Waals surface area contributed by atoms with Crippen molar-refractivity contribution in [3.05, 3.63) is 0 Å². The molecule has 2 aliphatic rings. The Hall–Kier alpha value is 0. The highest BCUT2D eigenvalue weighted by molar-refractivity contribution is 4.88. The molecular weight excluding hydrogens is 228 g/mol. The molecule has 0 bridgehead atoms. The molecule has 0 aromatic rings. The lowest BCUT2D eigenvalue weighted by atomic mass is 9.61. The van der Waals surface area contributed by atoms with Crippen LogP contribution in [0.3, 0.4) is 0 Å². The molecule has 2 saturated carbocycles. The molecule has 0 spiro atoms. The lowest BCUT2D eigenvalue weighted by molar-refractivity contribution is 0.0601. The van der Waals surface area contributed by atoms with Crippen LogP contribution in [0.2, 0.25) is 0 Å². The summed E-state index contributed by atoms with van der Waals surface area (Å²) in [6.45, 7) is 15.9. The quantitative estimate of drug-likeness (QED) is 0.470. The first-order chi connectivity index (χ1) is 8.89. The van der Waals surface area contributed by atoms with Gasteiger partial charge in [0.1, 0.15) is 0 Å². The molecule has 0 unspecified atom stereocenters. The second-order valence-corrected chi connectivity index (χ2v) is 7.58. The van der Waals surface area contributed by atoms with E-state index in [1.165, 1.54) is 57.8 Å². The van der Waals surface area contributed by atoms with Crippen LogP contribution < -0.4 is 0 Å². The molecule has 0 amide bonds. The predicted molar refractivity (Wildman–Crippen MR) is 89.6 cm³/mol. The van der Waals surface area contributed by atoms with E-state index in [0.29, 0.717) is 10.8 Å². The predicted octanol–water partition coefficient (Wildman–Crippen LogP) is 7.23. The van der Waals surface area contributed by atoms with E-state index in [1.807, 2.05) is 13.8 Å². The SMILES string of the molecule is CC.CC(C)(C)C1(C)CCCCC1.CCC1CCC1. The van der Waals surface area contributed by atoms with Crippen LogP contribution in [0.15, 0.2) is 0 Å². The van der Waals surface area contributed by atoms with Crippen molar-refractivity contribution < 1.29 is 0 Å². The van der Waals surface area contributed by atoms with Gasteiger partial charge in [0.2, 0.25) is 0 Å². The van der Waals surface area contributed by atoms with Gasteiger partial charge in [-0.25, -0.2) is 0 Å². The van der Waals surface area contributed by atoms with Crippen LogP contribution >= 0.6 is 0 Å². The van der Waals surface area contributed by atoms with Crippen LogP contribution in [0.1, 0.15) is 106 Å². The van der Waals surface area contributed by atoms with Crippen LogP contribution in [0.5, 0.6) is 0 Å². The van der Waals surface area contributed by atoms with E-state index in [4.69, 9.17) is 0 Å². The Morgan fingerprint density at radius 1 is 0.895 bits per heavy atom. The summed E-state index contributed by atoms with van der Waals surface area (Å²) >= 11 is 0. The molecule has 0 radical (unpaired) electrons. The molecule has 0 saturated heterocycles. The molecule has 2 rings (SSSR count). The maximum absolute atomic E-state index is 2.46. The minimum atomic E-state index is 0.507. The molecular formula is C19H40. The van der Waals surface area contributed by atoms with E-state index in [1.54, 1.807) is 0 Å². The Bertz CT molecular complexity index is 196. The zero-order valence-electron chi connectivity index (χ0n) is 14.9. The standard InChI is InChI=1S/C11H22.C6H12.C2H6/c1-10(2,3)11(4)8-6-5-7-9-11;1-2-6-4-3-5-6;1-2/h5-9H2,1-4H3;6H,2-5H2,1H3;1-2H3. The van der Waals surface area contributed by atoms with E-state index in [9.17, 15) is 0 Å². The van der Waals surface area contributed by atoms with Crippen molar-refractivity contribution in [3.63, 3.8) is 0 Å². The number of hydrogen-bond acceptors (Lipinski definition) is 0. The number of rotatable bonds is 1. The van der Waals surface area contributed by atoms with E-state index >= 15 is 0 Å². The zero-order valence-corrected chi connectivity index (χ0v) is 14.9. The van der Waals surface area contributed by atoms with Gasteiger partial charge in [0.05, 0.1) is 0 Å². The molecule has 116 valence electrons. The molecule has 0 aromatic carbocycles. The van der Waals surface area contributed by atoms with Crippen molar-refractivity contribution >= 4 is 0 Å². The first kappa shape index (κ1) is 19.0. The third-order valence-electron chi connectivity index (χ3n) is 5.57. The number of hydrogen-bond donors (Lipinski definition) is 0. The summed E-state index contributed by atoms with van der Waals surface area (Å²) in [5.74, 6) is 1.12. The highest BCUT2D eigenvalue weighted by Crippen LogP contribution is 2.48. The van der Waals surface area contributed by atoms with Gasteiger partial charge in [0.25, 0.3) is 0 Å². The summed E-state index contributed by atoms with van der Waals surface area (Å²) in [5.41, 5.74) is 1.12. The summed E-state index contributed by atoms with van der Waals surface area (Å²) < 4.78 is 0. The fourth-order valence-corrected chi connectivity index (χ4v) is 2.98. The van der Waals surface area contributed by atoms with E-state index < -0.39 is 0 Å². The Kier molecular flexibility index (Phi) is 9.03. The molecule has 0 aromatic heterocycles. The van der Waals surface area contributed by atoms with Crippen molar-refractivity contribution in [2.75, 3.05) is 0 Å². The molecule has 0 nitrogen and oxygen atoms in total. The fourth-order valence-electron chi connectivity index (χ4n) is 2.98. The van der Waals surface area contributed by atoms with E-state index in [2.05, 4.69) is 34.6 Å². The molecule has 0 atom stereocenters.